The molecule has 0 aliphatic carbocycles. The van der Waals surface area contributed by atoms with Gasteiger partial charge in [0.15, 0.2) is 5.82 Å². The lowest BCUT2D eigenvalue weighted by Gasteiger charge is -2.22. The van der Waals surface area contributed by atoms with E-state index in [1.54, 1.807) is 18.2 Å². The maximum atomic E-state index is 14.0. The van der Waals surface area contributed by atoms with E-state index in [1.165, 1.54) is 6.07 Å². The van der Waals surface area contributed by atoms with Gasteiger partial charge in [0.2, 0.25) is 0 Å². The predicted molar refractivity (Wildman–Crippen MR) is 88.3 cm³/mol. The van der Waals surface area contributed by atoms with Gasteiger partial charge < -0.3 is 5.32 Å². The maximum absolute atomic E-state index is 14.0. The van der Waals surface area contributed by atoms with E-state index in [9.17, 15) is 4.39 Å². The number of anilines is 1. The summed E-state index contributed by atoms with van der Waals surface area (Å²) >= 11 is 0. The standard InChI is InChI=1S/C18H18FN3/c1-18(2,3)22-17-13-9-5-7-11-15(13)20-16(21-17)12-8-4-6-10-14(12)19/h4-11H,1-3H3,(H,20,21,22). The minimum Gasteiger partial charge on any atom is -0.365 e. The van der Waals surface area contributed by atoms with Crippen LogP contribution >= 0.6 is 0 Å². The van der Waals surface area contributed by atoms with E-state index in [-0.39, 0.29) is 11.4 Å². The number of rotatable bonds is 2. The average Bonchev–Trinajstić information content (AvgIpc) is 2.46. The molecule has 3 rings (SSSR count). The van der Waals surface area contributed by atoms with Crippen LogP contribution in [0.3, 0.4) is 0 Å². The molecule has 0 radical (unpaired) electrons. The smallest absolute Gasteiger partial charge is 0.165 e. The van der Waals surface area contributed by atoms with Gasteiger partial charge in [0, 0.05) is 10.9 Å². The Morgan fingerprint density at radius 3 is 2.32 bits per heavy atom. The quantitative estimate of drug-likeness (QED) is 0.748. The van der Waals surface area contributed by atoms with Crippen LogP contribution in [0.5, 0.6) is 0 Å². The third-order valence-electron chi connectivity index (χ3n) is 3.21. The second-order valence-electron chi connectivity index (χ2n) is 6.27. The van der Waals surface area contributed by atoms with E-state index in [4.69, 9.17) is 0 Å². The molecular formula is C18H18FN3. The van der Waals surface area contributed by atoms with E-state index in [0.717, 1.165) is 16.7 Å². The Labute approximate surface area is 129 Å². The first kappa shape index (κ1) is 14.4. The Hall–Kier alpha value is -2.49. The summed E-state index contributed by atoms with van der Waals surface area (Å²) in [5.41, 5.74) is 1.05. The molecule has 0 aliphatic heterocycles. The highest BCUT2D eigenvalue weighted by Crippen LogP contribution is 2.27. The molecular weight excluding hydrogens is 277 g/mol. The highest BCUT2D eigenvalue weighted by atomic mass is 19.1. The van der Waals surface area contributed by atoms with E-state index in [2.05, 4.69) is 36.1 Å². The van der Waals surface area contributed by atoms with Gasteiger partial charge in [-0.2, -0.15) is 0 Å². The van der Waals surface area contributed by atoms with Gasteiger partial charge in [-0.05, 0) is 45.0 Å². The first-order chi connectivity index (χ1) is 10.4. The summed E-state index contributed by atoms with van der Waals surface area (Å²) in [4.78, 5) is 9.06. The summed E-state index contributed by atoms with van der Waals surface area (Å²) < 4.78 is 14.0. The number of hydrogen-bond acceptors (Lipinski definition) is 3. The topological polar surface area (TPSA) is 37.8 Å². The van der Waals surface area contributed by atoms with Gasteiger partial charge in [-0.3, -0.25) is 0 Å². The van der Waals surface area contributed by atoms with Crippen LogP contribution in [0.2, 0.25) is 0 Å². The van der Waals surface area contributed by atoms with E-state index in [0.29, 0.717) is 11.4 Å². The molecule has 0 amide bonds. The normalized spacial score (nSPS) is 11.6. The zero-order valence-electron chi connectivity index (χ0n) is 12.9. The minimum absolute atomic E-state index is 0.149. The van der Waals surface area contributed by atoms with Gasteiger partial charge in [-0.25, -0.2) is 14.4 Å². The van der Waals surface area contributed by atoms with Gasteiger partial charge >= 0.3 is 0 Å². The fourth-order valence-electron chi connectivity index (χ4n) is 2.29. The summed E-state index contributed by atoms with van der Waals surface area (Å²) in [6.45, 7) is 6.19. The van der Waals surface area contributed by atoms with Crippen molar-refractivity contribution in [2.24, 2.45) is 0 Å². The molecule has 1 aromatic heterocycles. The first-order valence-electron chi connectivity index (χ1n) is 7.24. The number of fused-ring (bicyclic) bond motifs is 1. The van der Waals surface area contributed by atoms with Crippen molar-refractivity contribution >= 4 is 16.7 Å². The molecule has 0 saturated carbocycles. The molecule has 1 N–H and O–H groups in total. The zero-order valence-corrected chi connectivity index (χ0v) is 12.9. The number of nitrogens with one attached hydrogen (secondary N) is 1. The summed E-state index contributed by atoms with van der Waals surface area (Å²) in [6, 6.07) is 14.3. The molecule has 3 nitrogen and oxygen atoms in total. The predicted octanol–water partition coefficient (Wildman–Crippen LogP) is 4.65. The number of halogens is 1. The summed E-state index contributed by atoms with van der Waals surface area (Å²) in [5, 5.41) is 4.31. The largest absolute Gasteiger partial charge is 0.365 e. The van der Waals surface area contributed by atoms with Gasteiger partial charge in [-0.15, -0.1) is 0 Å². The third-order valence-corrected chi connectivity index (χ3v) is 3.21. The number of nitrogens with zero attached hydrogens (tertiary/aromatic N) is 2. The second-order valence-corrected chi connectivity index (χ2v) is 6.27. The fraction of sp³-hybridized carbons (Fsp3) is 0.222. The lowest BCUT2D eigenvalue weighted by Crippen LogP contribution is -2.27. The van der Waals surface area contributed by atoms with Crippen molar-refractivity contribution in [2.75, 3.05) is 5.32 Å². The van der Waals surface area contributed by atoms with Crippen LogP contribution in [0.15, 0.2) is 48.5 Å². The van der Waals surface area contributed by atoms with E-state index < -0.39 is 0 Å². The first-order valence-corrected chi connectivity index (χ1v) is 7.24. The summed E-state index contributed by atoms with van der Waals surface area (Å²) in [6.07, 6.45) is 0. The van der Waals surface area contributed by atoms with Crippen molar-refractivity contribution in [1.82, 2.24) is 9.97 Å². The molecule has 4 heteroatoms. The minimum atomic E-state index is -0.320. The molecule has 0 fully saturated rings. The van der Waals surface area contributed by atoms with Crippen LogP contribution in [0.1, 0.15) is 20.8 Å². The Morgan fingerprint density at radius 1 is 0.909 bits per heavy atom. The Kier molecular flexibility index (Phi) is 3.53. The van der Waals surface area contributed by atoms with Crippen LogP contribution in [-0.4, -0.2) is 15.5 Å². The SMILES string of the molecule is CC(C)(C)Nc1nc(-c2ccccc2F)nc2ccccc12. The van der Waals surface area contributed by atoms with Crippen molar-refractivity contribution in [1.29, 1.82) is 0 Å². The molecule has 0 unspecified atom stereocenters. The maximum Gasteiger partial charge on any atom is 0.165 e. The highest BCUT2D eigenvalue weighted by molar-refractivity contribution is 5.90. The van der Waals surface area contributed by atoms with Crippen LogP contribution in [-0.2, 0) is 0 Å². The fourth-order valence-corrected chi connectivity index (χ4v) is 2.29. The number of benzene rings is 2. The van der Waals surface area contributed by atoms with Gasteiger partial charge in [0.25, 0.3) is 0 Å². The van der Waals surface area contributed by atoms with Crippen LogP contribution < -0.4 is 5.32 Å². The molecule has 0 saturated heterocycles. The molecule has 0 spiro atoms. The summed E-state index contributed by atoms with van der Waals surface area (Å²) in [5.74, 6) is 0.791. The van der Waals surface area contributed by atoms with Crippen molar-refractivity contribution in [3.63, 3.8) is 0 Å². The van der Waals surface area contributed by atoms with Crippen molar-refractivity contribution in [2.45, 2.75) is 26.3 Å². The summed E-state index contributed by atoms with van der Waals surface area (Å²) in [7, 11) is 0. The van der Waals surface area contributed by atoms with Gasteiger partial charge in [-0.1, -0.05) is 24.3 Å². The van der Waals surface area contributed by atoms with Crippen molar-refractivity contribution in [3.05, 3.63) is 54.3 Å². The molecule has 22 heavy (non-hydrogen) atoms. The zero-order chi connectivity index (χ0) is 15.7. The molecule has 0 aliphatic rings. The Morgan fingerprint density at radius 2 is 1.59 bits per heavy atom. The lowest BCUT2D eigenvalue weighted by molar-refractivity contribution is 0.628. The number of para-hydroxylation sites is 1. The molecule has 0 bridgehead atoms. The van der Waals surface area contributed by atoms with Gasteiger partial charge in [0.05, 0.1) is 11.1 Å². The van der Waals surface area contributed by atoms with Gasteiger partial charge in [0.1, 0.15) is 11.6 Å². The molecule has 3 aromatic rings. The van der Waals surface area contributed by atoms with E-state index in [1.807, 2.05) is 24.3 Å². The third kappa shape index (κ3) is 2.91. The number of hydrogen-bond donors (Lipinski definition) is 1. The monoisotopic (exact) mass is 295 g/mol. The Balaban J connectivity index is 2.23. The highest BCUT2D eigenvalue weighted by Gasteiger charge is 2.16. The van der Waals surface area contributed by atoms with Crippen LogP contribution in [0.25, 0.3) is 22.3 Å². The molecule has 2 aromatic carbocycles. The molecule has 1 heterocycles. The second kappa shape index (κ2) is 5.37. The van der Waals surface area contributed by atoms with Crippen LogP contribution in [0.4, 0.5) is 10.2 Å². The lowest BCUT2D eigenvalue weighted by atomic mass is 10.1. The van der Waals surface area contributed by atoms with Crippen LogP contribution in [0, 0.1) is 5.82 Å². The van der Waals surface area contributed by atoms with E-state index >= 15 is 0 Å². The molecule has 0 atom stereocenters. The average molecular weight is 295 g/mol. The van der Waals surface area contributed by atoms with Crippen molar-refractivity contribution < 1.29 is 4.39 Å². The number of aromatic nitrogens is 2. The Bertz CT molecular complexity index is 822. The molecule has 112 valence electrons. The van der Waals surface area contributed by atoms with Crippen molar-refractivity contribution in [3.8, 4) is 11.4 Å².